The second-order valence-electron chi connectivity index (χ2n) is 8.12. The highest BCUT2D eigenvalue weighted by Gasteiger charge is 2.42. The van der Waals surface area contributed by atoms with Gasteiger partial charge in [-0.05, 0) is 42.3 Å². The average molecular weight is 438 g/mol. The quantitative estimate of drug-likeness (QED) is 0.660. The summed E-state index contributed by atoms with van der Waals surface area (Å²) < 4.78 is 25.0. The first-order valence-electron chi connectivity index (χ1n) is 10.7. The maximum atomic E-state index is 13.8. The summed E-state index contributed by atoms with van der Waals surface area (Å²) in [5.74, 6) is -0.911. The lowest BCUT2D eigenvalue weighted by Crippen LogP contribution is -2.38. The fraction of sp³-hybridized carbons (Fsp3) is 0.333. The Morgan fingerprint density at radius 1 is 1.06 bits per heavy atom. The predicted octanol–water partition coefficient (Wildman–Crippen LogP) is 2.91. The molecule has 0 spiro atoms. The number of phenols is 1. The van der Waals surface area contributed by atoms with Crippen LogP contribution in [-0.2, 0) is 4.74 Å². The third-order valence-corrected chi connectivity index (χ3v) is 6.09. The van der Waals surface area contributed by atoms with Crippen molar-refractivity contribution in [3.8, 4) is 5.75 Å². The smallest absolute Gasteiger partial charge is 0.290 e. The van der Waals surface area contributed by atoms with Gasteiger partial charge in [-0.15, -0.1) is 0 Å². The predicted molar refractivity (Wildman–Crippen MR) is 115 cm³/mol. The summed E-state index contributed by atoms with van der Waals surface area (Å²) in [5.41, 5.74) is 0.531. The van der Waals surface area contributed by atoms with Gasteiger partial charge in [0.15, 0.2) is 5.43 Å². The van der Waals surface area contributed by atoms with Gasteiger partial charge in [0.2, 0.25) is 5.76 Å². The molecule has 5 rings (SSSR count). The fourth-order valence-electron chi connectivity index (χ4n) is 4.55. The van der Waals surface area contributed by atoms with Crippen LogP contribution in [0.3, 0.4) is 0 Å². The van der Waals surface area contributed by atoms with Gasteiger partial charge in [-0.2, -0.15) is 0 Å². The van der Waals surface area contributed by atoms with Crippen LogP contribution in [0.15, 0.2) is 51.7 Å². The molecule has 2 aliphatic rings. The number of hydrogen-bond acceptors (Lipinski definition) is 6. The number of benzene rings is 2. The SMILES string of the molecule is O=C1c2oc3ccc(F)cc3c(=O)c2[C@@H](c2cccc(O)c2)N1CCCN1CCOCC1. The summed E-state index contributed by atoms with van der Waals surface area (Å²) in [6, 6.07) is 9.48. The van der Waals surface area contributed by atoms with E-state index in [1.54, 1.807) is 17.0 Å². The van der Waals surface area contributed by atoms with E-state index in [4.69, 9.17) is 9.15 Å². The van der Waals surface area contributed by atoms with Crippen molar-refractivity contribution in [3.63, 3.8) is 0 Å². The molecule has 1 atom stereocenters. The first kappa shape index (κ1) is 20.7. The minimum absolute atomic E-state index is 0.0196. The molecule has 1 amide bonds. The van der Waals surface area contributed by atoms with E-state index in [0.717, 1.165) is 25.7 Å². The Balaban J connectivity index is 1.54. The van der Waals surface area contributed by atoms with E-state index in [9.17, 15) is 19.1 Å². The zero-order chi connectivity index (χ0) is 22.2. The fourth-order valence-corrected chi connectivity index (χ4v) is 4.55. The van der Waals surface area contributed by atoms with Gasteiger partial charge in [-0.3, -0.25) is 14.5 Å². The van der Waals surface area contributed by atoms with Crippen molar-refractivity contribution in [2.24, 2.45) is 0 Å². The highest BCUT2D eigenvalue weighted by molar-refractivity contribution is 5.99. The third kappa shape index (κ3) is 3.65. The maximum Gasteiger partial charge on any atom is 0.290 e. The number of carbonyl (C=O) groups is 1. The van der Waals surface area contributed by atoms with Crippen LogP contribution in [0.5, 0.6) is 5.75 Å². The van der Waals surface area contributed by atoms with Crippen LogP contribution in [0.1, 0.15) is 34.1 Å². The van der Waals surface area contributed by atoms with Crippen LogP contribution in [0, 0.1) is 5.82 Å². The van der Waals surface area contributed by atoms with E-state index < -0.39 is 17.3 Å². The lowest BCUT2D eigenvalue weighted by atomic mass is 9.98. The number of amides is 1. The summed E-state index contributed by atoms with van der Waals surface area (Å²) in [6.07, 6.45) is 0.706. The average Bonchev–Trinajstić information content (AvgIpc) is 3.07. The van der Waals surface area contributed by atoms with Gasteiger partial charge in [0.25, 0.3) is 5.91 Å². The van der Waals surface area contributed by atoms with Gasteiger partial charge in [0, 0.05) is 26.2 Å². The first-order chi connectivity index (χ1) is 15.5. The van der Waals surface area contributed by atoms with Crippen LogP contribution in [-0.4, -0.2) is 60.2 Å². The number of morpholine rings is 1. The van der Waals surface area contributed by atoms with E-state index >= 15 is 0 Å². The molecule has 0 saturated carbocycles. The molecule has 1 saturated heterocycles. The van der Waals surface area contributed by atoms with Crippen LogP contribution >= 0.6 is 0 Å². The molecule has 1 aromatic heterocycles. The molecular weight excluding hydrogens is 415 g/mol. The van der Waals surface area contributed by atoms with E-state index in [1.807, 2.05) is 0 Å². The number of halogens is 1. The molecule has 166 valence electrons. The maximum absolute atomic E-state index is 13.8. The van der Waals surface area contributed by atoms with E-state index in [-0.39, 0.29) is 33.9 Å². The van der Waals surface area contributed by atoms with Crippen LogP contribution < -0.4 is 5.43 Å². The van der Waals surface area contributed by atoms with Gasteiger partial charge in [-0.25, -0.2) is 4.39 Å². The zero-order valence-corrected chi connectivity index (χ0v) is 17.4. The lowest BCUT2D eigenvalue weighted by molar-refractivity contribution is 0.0353. The summed E-state index contributed by atoms with van der Waals surface area (Å²) in [7, 11) is 0. The van der Waals surface area contributed by atoms with Crippen molar-refractivity contribution in [2.75, 3.05) is 39.4 Å². The summed E-state index contributed by atoms with van der Waals surface area (Å²) >= 11 is 0. The van der Waals surface area contributed by atoms with Crippen molar-refractivity contribution < 1.29 is 23.4 Å². The summed E-state index contributed by atoms with van der Waals surface area (Å²) in [6.45, 7) is 4.29. The van der Waals surface area contributed by atoms with Gasteiger partial charge >= 0.3 is 0 Å². The number of nitrogens with zero attached hydrogens (tertiary/aromatic N) is 2. The highest BCUT2D eigenvalue weighted by atomic mass is 19.1. The molecular formula is C24H23FN2O5. The number of rotatable bonds is 5. The van der Waals surface area contributed by atoms with Crippen molar-refractivity contribution in [3.05, 3.63) is 75.4 Å². The van der Waals surface area contributed by atoms with Gasteiger partial charge < -0.3 is 19.2 Å². The molecule has 8 heteroatoms. The summed E-state index contributed by atoms with van der Waals surface area (Å²) in [5, 5.41) is 10.1. The molecule has 7 nitrogen and oxygen atoms in total. The molecule has 2 aromatic carbocycles. The highest BCUT2D eigenvalue weighted by Crippen LogP contribution is 2.39. The topological polar surface area (TPSA) is 83.2 Å². The number of carbonyl (C=O) groups excluding carboxylic acids is 1. The molecule has 2 aliphatic heterocycles. The van der Waals surface area contributed by atoms with Crippen molar-refractivity contribution in [1.82, 2.24) is 9.80 Å². The molecule has 0 unspecified atom stereocenters. The van der Waals surface area contributed by atoms with Gasteiger partial charge in [0.1, 0.15) is 17.1 Å². The van der Waals surface area contributed by atoms with Crippen LogP contribution in [0.25, 0.3) is 11.0 Å². The first-order valence-corrected chi connectivity index (χ1v) is 10.7. The molecule has 0 radical (unpaired) electrons. The van der Waals surface area contributed by atoms with E-state index in [2.05, 4.69) is 4.90 Å². The van der Waals surface area contributed by atoms with E-state index in [0.29, 0.717) is 31.7 Å². The molecule has 0 bridgehead atoms. The number of fused-ring (bicyclic) bond motifs is 2. The largest absolute Gasteiger partial charge is 0.508 e. The third-order valence-electron chi connectivity index (χ3n) is 6.09. The number of ether oxygens (including phenoxy) is 1. The Bertz CT molecular complexity index is 1230. The Hall–Kier alpha value is -3.23. The second kappa shape index (κ2) is 8.37. The lowest BCUT2D eigenvalue weighted by Gasteiger charge is -2.29. The zero-order valence-electron chi connectivity index (χ0n) is 17.4. The molecule has 3 aromatic rings. The summed E-state index contributed by atoms with van der Waals surface area (Å²) in [4.78, 5) is 30.6. The minimum atomic E-state index is -0.710. The van der Waals surface area contributed by atoms with Gasteiger partial charge in [0.05, 0.1) is 30.2 Å². The molecule has 32 heavy (non-hydrogen) atoms. The van der Waals surface area contributed by atoms with Crippen LogP contribution in [0.2, 0.25) is 0 Å². The van der Waals surface area contributed by atoms with E-state index in [1.165, 1.54) is 24.3 Å². The van der Waals surface area contributed by atoms with Crippen molar-refractivity contribution >= 4 is 16.9 Å². The monoisotopic (exact) mass is 438 g/mol. The number of hydrogen-bond donors (Lipinski definition) is 1. The van der Waals surface area contributed by atoms with Crippen LogP contribution in [0.4, 0.5) is 4.39 Å². The number of phenolic OH excluding ortho intramolecular Hbond substituents is 1. The Morgan fingerprint density at radius 2 is 1.88 bits per heavy atom. The Kier molecular flexibility index (Phi) is 5.40. The van der Waals surface area contributed by atoms with Gasteiger partial charge in [-0.1, -0.05) is 12.1 Å². The Morgan fingerprint density at radius 3 is 2.66 bits per heavy atom. The molecule has 1 fully saturated rings. The Labute approximate surface area is 183 Å². The van der Waals surface area contributed by atoms with Crippen molar-refractivity contribution in [1.29, 1.82) is 0 Å². The normalized spacial score (nSPS) is 19.0. The number of aromatic hydroxyl groups is 1. The minimum Gasteiger partial charge on any atom is -0.508 e. The molecule has 0 aliphatic carbocycles. The van der Waals surface area contributed by atoms with Crippen molar-refractivity contribution in [2.45, 2.75) is 12.5 Å². The standard InChI is InChI=1S/C24H23FN2O5/c25-16-5-6-19-18(14-16)22(29)20-21(15-3-1-4-17(28)13-15)27(24(30)23(20)32-19)8-2-7-26-9-11-31-12-10-26/h1,3-6,13-14,21,28H,2,7-12H2/t21-/m1/s1. The molecule has 1 N–H and O–H groups in total. The second-order valence-corrected chi connectivity index (χ2v) is 8.12. The molecule has 3 heterocycles.